The molecule has 2 aromatic carbocycles. The number of hydrogen-bond acceptors (Lipinski definition) is 3. The Kier molecular flexibility index (Phi) is 4.61. The molecule has 0 bridgehead atoms. The van der Waals surface area contributed by atoms with Gasteiger partial charge in [0.25, 0.3) is 0 Å². The molecule has 0 unspecified atom stereocenters. The Balaban J connectivity index is 2.08. The van der Waals surface area contributed by atoms with Gasteiger partial charge in [-0.2, -0.15) is 0 Å². The molecule has 0 amide bonds. The molecule has 0 heterocycles. The summed E-state index contributed by atoms with van der Waals surface area (Å²) in [6, 6.07) is 11.0. The standard InChI is InChI=1S/C14H9Cl2NO3/c15-12-2-1-3-13(16)11(12)8-17-20-10-6-4-9(5-7-10)14(18)19/h1-8H,(H,18,19). The molecule has 0 radical (unpaired) electrons. The lowest BCUT2D eigenvalue weighted by atomic mass is 10.2. The van der Waals surface area contributed by atoms with Crippen molar-refractivity contribution < 1.29 is 14.7 Å². The van der Waals surface area contributed by atoms with Gasteiger partial charge in [-0.25, -0.2) is 4.79 Å². The number of carboxylic acid groups (broad SMARTS) is 1. The van der Waals surface area contributed by atoms with Gasteiger partial charge in [0.2, 0.25) is 0 Å². The summed E-state index contributed by atoms with van der Waals surface area (Å²) < 4.78 is 0. The normalized spacial score (nSPS) is 10.7. The van der Waals surface area contributed by atoms with Crippen molar-refractivity contribution in [1.82, 2.24) is 0 Å². The van der Waals surface area contributed by atoms with Gasteiger partial charge in [0, 0.05) is 5.56 Å². The Bertz CT molecular complexity index is 634. The van der Waals surface area contributed by atoms with Crippen LogP contribution in [0.25, 0.3) is 0 Å². The van der Waals surface area contributed by atoms with Gasteiger partial charge in [-0.1, -0.05) is 34.4 Å². The summed E-state index contributed by atoms with van der Waals surface area (Å²) in [6.45, 7) is 0. The van der Waals surface area contributed by atoms with E-state index in [1.807, 2.05) is 0 Å². The maximum Gasteiger partial charge on any atom is 0.335 e. The van der Waals surface area contributed by atoms with Crippen molar-refractivity contribution in [3.8, 4) is 5.75 Å². The molecule has 0 aliphatic heterocycles. The summed E-state index contributed by atoms with van der Waals surface area (Å²) in [6.07, 6.45) is 1.40. The second-order valence-corrected chi connectivity index (χ2v) is 4.61. The van der Waals surface area contributed by atoms with E-state index in [1.165, 1.54) is 30.5 Å². The van der Waals surface area contributed by atoms with Crippen LogP contribution in [0, 0.1) is 0 Å². The van der Waals surface area contributed by atoms with E-state index in [-0.39, 0.29) is 5.56 Å². The van der Waals surface area contributed by atoms with E-state index in [9.17, 15) is 4.79 Å². The molecule has 2 rings (SSSR count). The first-order chi connectivity index (χ1) is 9.58. The Morgan fingerprint density at radius 2 is 1.70 bits per heavy atom. The van der Waals surface area contributed by atoms with Crippen LogP contribution in [0.15, 0.2) is 47.6 Å². The Labute approximate surface area is 125 Å². The lowest BCUT2D eigenvalue weighted by Gasteiger charge is -2.01. The molecule has 0 saturated heterocycles. The predicted molar refractivity (Wildman–Crippen MR) is 78.1 cm³/mol. The van der Waals surface area contributed by atoms with Gasteiger partial charge in [0.1, 0.15) is 0 Å². The molecule has 1 N–H and O–H groups in total. The molecule has 0 aromatic heterocycles. The van der Waals surface area contributed by atoms with Gasteiger partial charge in [0.15, 0.2) is 5.75 Å². The zero-order valence-corrected chi connectivity index (χ0v) is 11.6. The number of carboxylic acids is 1. The molecule has 0 atom stereocenters. The van der Waals surface area contributed by atoms with Gasteiger partial charge in [-0.15, -0.1) is 0 Å². The fourth-order valence-electron chi connectivity index (χ4n) is 1.43. The molecule has 0 fully saturated rings. The maximum absolute atomic E-state index is 10.7. The minimum absolute atomic E-state index is 0.176. The summed E-state index contributed by atoms with van der Waals surface area (Å²) in [4.78, 5) is 15.8. The van der Waals surface area contributed by atoms with Crippen molar-refractivity contribution in [3.63, 3.8) is 0 Å². The quantitative estimate of drug-likeness (QED) is 0.683. The number of nitrogens with zero attached hydrogens (tertiary/aromatic N) is 1. The van der Waals surface area contributed by atoms with Crippen molar-refractivity contribution in [2.24, 2.45) is 5.16 Å². The van der Waals surface area contributed by atoms with Crippen LogP contribution in [0.3, 0.4) is 0 Å². The van der Waals surface area contributed by atoms with E-state index < -0.39 is 5.97 Å². The van der Waals surface area contributed by atoms with Crippen molar-refractivity contribution in [2.75, 3.05) is 0 Å². The van der Waals surface area contributed by atoms with E-state index in [0.717, 1.165) is 0 Å². The minimum atomic E-state index is -0.997. The van der Waals surface area contributed by atoms with Crippen LogP contribution >= 0.6 is 23.2 Å². The molecular formula is C14H9Cl2NO3. The van der Waals surface area contributed by atoms with Crippen LogP contribution in [0.5, 0.6) is 5.75 Å². The molecule has 0 spiro atoms. The molecule has 0 aliphatic rings. The van der Waals surface area contributed by atoms with Crippen molar-refractivity contribution in [3.05, 3.63) is 63.6 Å². The third-order valence-corrected chi connectivity index (χ3v) is 3.10. The van der Waals surface area contributed by atoms with Gasteiger partial charge in [-0.05, 0) is 36.4 Å². The average molecular weight is 310 g/mol. The van der Waals surface area contributed by atoms with Gasteiger partial charge in [-0.3, -0.25) is 0 Å². The van der Waals surface area contributed by atoms with Crippen LogP contribution in [-0.4, -0.2) is 17.3 Å². The summed E-state index contributed by atoms with van der Waals surface area (Å²) in [5, 5.41) is 13.5. The highest BCUT2D eigenvalue weighted by molar-refractivity contribution is 6.38. The van der Waals surface area contributed by atoms with Crippen molar-refractivity contribution >= 4 is 35.4 Å². The molecule has 0 saturated carbocycles. The van der Waals surface area contributed by atoms with Gasteiger partial charge < -0.3 is 9.94 Å². The lowest BCUT2D eigenvalue weighted by molar-refractivity contribution is 0.0697. The van der Waals surface area contributed by atoms with E-state index in [4.69, 9.17) is 33.1 Å². The first-order valence-electron chi connectivity index (χ1n) is 5.55. The Hall–Kier alpha value is -2.04. The lowest BCUT2D eigenvalue weighted by Crippen LogP contribution is -1.95. The molecule has 6 heteroatoms. The molecule has 0 aliphatic carbocycles. The first-order valence-corrected chi connectivity index (χ1v) is 6.31. The number of carbonyl (C=O) groups is 1. The molecular weight excluding hydrogens is 301 g/mol. The fourth-order valence-corrected chi connectivity index (χ4v) is 1.93. The van der Waals surface area contributed by atoms with Crippen molar-refractivity contribution in [1.29, 1.82) is 0 Å². The third-order valence-electron chi connectivity index (χ3n) is 2.44. The monoisotopic (exact) mass is 309 g/mol. The number of rotatable bonds is 4. The Morgan fingerprint density at radius 1 is 1.10 bits per heavy atom. The minimum Gasteiger partial charge on any atom is -0.478 e. The molecule has 2 aromatic rings. The van der Waals surface area contributed by atoms with E-state index in [2.05, 4.69) is 5.16 Å². The highest BCUT2D eigenvalue weighted by Crippen LogP contribution is 2.22. The largest absolute Gasteiger partial charge is 0.478 e. The number of benzene rings is 2. The van der Waals surface area contributed by atoms with E-state index in [1.54, 1.807) is 18.2 Å². The summed E-state index contributed by atoms with van der Waals surface area (Å²) in [7, 11) is 0. The zero-order valence-electron chi connectivity index (χ0n) is 10.1. The number of aromatic carboxylic acids is 1. The third kappa shape index (κ3) is 3.50. The van der Waals surface area contributed by atoms with Gasteiger partial charge >= 0.3 is 5.97 Å². The van der Waals surface area contributed by atoms with Gasteiger partial charge in [0.05, 0.1) is 21.8 Å². The van der Waals surface area contributed by atoms with Crippen LogP contribution in [-0.2, 0) is 0 Å². The molecule has 20 heavy (non-hydrogen) atoms. The first kappa shape index (κ1) is 14.4. The topological polar surface area (TPSA) is 58.9 Å². The van der Waals surface area contributed by atoms with E-state index in [0.29, 0.717) is 21.4 Å². The highest BCUT2D eigenvalue weighted by Gasteiger charge is 2.03. The van der Waals surface area contributed by atoms with Crippen LogP contribution in [0.4, 0.5) is 0 Å². The zero-order chi connectivity index (χ0) is 14.5. The molecule has 102 valence electrons. The predicted octanol–water partition coefficient (Wildman–Crippen LogP) is 4.10. The maximum atomic E-state index is 10.7. The average Bonchev–Trinajstić information content (AvgIpc) is 2.42. The number of hydrogen-bond donors (Lipinski definition) is 1. The van der Waals surface area contributed by atoms with Crippen LogP contribution in [0.2, 0.25) is 10.0 Å². The summed E-state index contributed by atoms with van der Waals surface area (Å²) in [5.74, 6) is -0.586. The van der Waals surface area contributed by atoms with Crippen LogP contribution < -0.4 is 4.84 Å². The second-order valence-electron chi connectivity index (χ2n) is 3.79. The summed E-state index contributed by atoms with van der Waals surface area (Å²) >= 11 is 11.9. The smallest absolute Gasteiger partial charge is 0.335 e. The van der Waals surface area contributed by atoms with Crippen LogP contribution in [0.1, 0.15) is 15.9 Å². The Morgan fingerprint density at radius 3 is 2.25 bits per heavy atom. The van der Waals surface area contributed by atoms with E-state index >= 15 is 0 Å². The molecule has 4 nitrogen and oxygen atoms in total. The SMILES string of the molecule is O=C(O)c1ccc(ON=Cc2c(Cl)cccc2Cl)cc1. The number of oxime groups is 1. The fraction of sp³-hybridized carbons (Fsp3) is 0. The van der Waals surface area contributed by atoms with Crippen molar-refractivity contribution in [2.45, 2.75) is 0 Å². The number of halogens is 2. The second kappa shape index (κ2) is 6.41. The highest BCUT2D eigenvalue weighted by atomic mass is 35.5. The summed E-state index contributed by atoms with van der Waals surface area (Å²) in [5.41, 5.74) is 0.730.